The Hall–Kier alpha value is -2.58. The van der Waals surface area contributed by atoms with Gasteiger partial charge in [0.2, 0.25) is 0 Å². The number of anilines is 1. The number of nitrogens with zero attached hydrogens (tertiary/aromatic N) is 1. The van der Waals surface area contributed by atoms with Crippen LogP contribution in [0.3, 0.4) is 0 Å². The highest BCUT2D eigenvalue weighted by molar-refractivity contribution is 7.90. The first-order valence-corrected chi connectivity index (χ1v) is 9.66. The third-order valence-corrected chi connectivity index (χ3v) is 5.01. The van der Waals surface area contributed by atoms with E-state index in [2.05, 4.69) is 9.71 Å². The maximum Gasteiger partial charge on any atom is 0.281 e. The predicted molar refractivity (Wildman–Crippen MR) is 102 cm³/mol. The van der Waals surface area contributed by atoms with Crippen LogP contribution in [0.2, 0.25) is 5.02 Å². The number of sulfonamides is 1. The Morgan fingerprint density at radius 1 is 1.11 bits per heavy atom. The van der Waals surface area contributed by atoms with Crippen molar-refractivity contribution in [3.8, 4) is 5.75 Å². The van der Waals surface area contributed by atoms with Crippen LogP contribution in [0.15, 0.2) is 57.8 Å². The van der Waals surface area contributed by atoms with Gasteiger partial charge in [0.15, 0.2) is 5.60 Å². The molecule has 0 radical (unpaired) electrons. The molecular formula is C18H18ClN2O5S-. The van der Waals surface area contributed by atoms with E-state index in [1.165, 1.54) is 24.3 Å². The summed E-state index contributed by atoms with van der Waals surface area (Å²) in [6.45, 7) is 4.25. The first kappa shape index (κ1) is 20.7. The summed E-state index contributed by atoms with van der Waals surface area (Å²) < 4.78 is 32.5. The Kier molecular flexibility index (Phi) is 6.12. The molecule has 2 aromatic rings. The fraction of sp³-hybridized carbons (Fsp3) is 0.222. The van der Waals surface area contributed by atoms with E-state index in [1.54, 1.807) is 38.1 Å². The summed E-state index contributed by atoms with van der Waals surface area (Å²) in [6.07, 6.45) is 0. The van der Waals surface area contributed by atoms with Gasteiger partial charge in [-0.3, -0.25) is 4.79 Å². The number of amides is 1. The minimum absolute atomic E-state index is 0.146. The van der Waals surface area contributed by atoms with E-state index in [1.807, 2.05) is 0 Å². The highest BCUT2D eigenvalue weighted by atomic mass is 35.5. The average molecular weight is 410 g/mol. The first-order valence-electron chi connectivity index (χ1n) is 7.84. The standard InChI is InChI=1S/C18H19ClN2O5S/c1-12(22)21-27(24,25)16-10-6-14(7-11-16)20-17(23)18(2,3)26-15-8-4-13(19)5-9-15/h4-11H,1-3H3,(H,20,23)(H,21,22)/p-1. The third-order valence-electron chi connectivity index (χ3n) is 3.39. The molecule has 0 bridgehead atoms. The maximum atomic E-state index is 12.5. The van der Waals surface area contributed by atoms with E-state index in [0.717, 1.165) is 6.92 Å². The van der Waals surface area contributed by atoms with Crippen LogP contribution in [-0.4, -0.2) is 25.8 Å². The molecule has 2 aromatic carbocycles. The Labute approximate surface area is 162 Å². The molecule has 0 aliphatic carbocycles. The van der Waals surface area contributed by atoms with Crippen LogP contribution < -0.4 is 15.2 Å². The Balaban J connectivity index is 2.10. The van der Waals surface area contributed by atoms with Crippen molar-refractivity contribution in [2.24, 2.45) is 4.40 Å². The predicted octanol–water partition coefficient (Wildman–Crippen LogP) is 2.60. The zero-order chi connectivity index (χ0) is 20.2. The lowest BCUT2D eigenvalue weighted by Gasteiger charge is -2.25. The highest BCUT2D eigenvalue weighted by Gasteiger charge is 2.30. The van der Waals surface area contributed by atoms with Crippen molar-refractivity contribution < 1.29 is 23.1 Å². The smallest absolute Gasteiger partial charge is 0.281 e. The summed E-state index contributed by atoms with van der Waals surface area (Å²) in [5.74, 6) is -0.762. The summed E-state index contributed by atoms with van der Waals surface area (Å²) in [6, 6.07) is 11.9. The van der Waals surface area contributed by atoms with E-state index >= 15 is 0 Å². The van der Waals surface area contributed by atoms with Gasteiger partial charge in [-0.25, -0.2) is 0 Å². The number of carbonyl (C=O) groups is 1. The number of benzene rings is 2. The van der Waals surface area contributed by atoms with Crippen LogP contribution in [0.1, 0.15) is 20.8 Å². The molecule has 1 N–H and O–H groups in total. The van der Waals surface area contributed by atoms with Crippen molar-refractivity contribution in [1.29, 1.82) is 0 Å². The van der Waals surface area contributed by atoms with E-state index in [4.69, 9.17) is 16.3 Å². The van der Waals surface area contributed by atoms with Gasteiger partial charge < -0.3 is 15.2 Å². The molecule has 0 spiro atoms. The van der Waals surface area contributed by atoms with E-state index in [0.29, 0.717) is 16.5 Å². The lowest BCUT2D eigenvalue weighted by molar-refractivity contribution is -0.215. The van der Waals surface area contributed by atoms with Crippen molar-refractivity contribution in [1.82, 2.24) is 0 Å². The molecule has 0 saturated heterocycles. The van der Waals surface area contributed by atoms with Crippen LogP contribution in [-0.2, 0) is 14.8 Å². The average Bonchev–Trinajstić information content (AvgIpc) is 2.56. The van der Waals surface area contributed by atoms with Gasteiger partial charge in [0.25, 0.3) is 15.9 Å². The molecule has 0 heterocycles. The molecule has 0 aliphatic heterocycles. The zero-order valence-electron chi connectivity index (χ0n) is 14.9. The van der Waals surface area contributed by atoms with Crippen molar-refractivity contribution in [3.63, 3.8) is 0 Å². The SMILES string of the molecule is CC([O-])=NS(=O)(=O)c1ccc(NC(=O)C(C)(C)Oc2ccc(Cl)cc2)cc1. The molecule has 27 heavy (non-hydrogen) atoms. The van der Waals surface area contributed by atoms with Gasteiger partial charge in [-0.15, -0.1) is 0 Å². The summed E-state index contributed by atoms with van der Waals surface area (Å²) in [5, 5.41) is 14.1. The lowest BCUT2D eigenvalue weighted by atomic mass is 10.1. The third kappa shape index (κ3) is 5.70. The molecule has 144 valence electrons. The topological polar surface area (TPSA) is 108 Å². The van der Waals surface area contributed by atoms with Crippen LogP contribution in [0.25, 0.3) is 0 Å². The first-order chi connectivity index (χ1) is 12.5. The highest BCUT2D eigenvalue weighted by Crippen LogP contribution is 2.23. The second kappa shape index (κ2) is 7.98. The molecule has 2 rings (SSSR count). The van der Waals surface area contributed by atoms with Gasteiger partial charge in [-0.1, -0.05) is 11.6 Å². The number of halogens is 1. The van der Waals surface area contributed by atoms with Crippen LogP contribution in [0.5, 0.6) is 5.75 Å². The fourth-order valence-electron chi connectivity index (χ4n) is 2.06. The molecule has 7 nitrogen and oxygen atoms in total. The van der Waals surface area contributed by atoms with Crippen LogP contribution in [0.4, 0.5) is 5.69 Å². The minimum Gasteiger partial charge on any atom is -0.861 e. The summed E-state index contributed by atoms with van der Waals surface area (Å²) in [4.78, 5) is 12.3. The number of ether oxygens (including phenoxy) is 1. The molecule has 0 atom stereocenters. The number of carbonyl (C=O) groups excluding carboxylic acids is 1. The van der Waals surface area contributed by atoms with Gasteiger partial charge >= 0.3 is 0 Å². The quantitative estimate of drug-likeness (QED) is 0.582. The summed E-state index contributed by atoms with van der Waals surface area (Å²) in [7, 11) is -4.05. The van der Waals surface area contributed by atoms with Crippen molar-refractivity contribution >= 4 is 39.1 Å². The Bertz CT molecular complexity index is 948. The number of nitrogens with one attached hydrogen (secondary N) is 1. The van der Waals surface area contributed by atoms with E-state index < -0.39 is 27.4 Å². The normalized spacial score (nSPS) is 12.5. The summed E-state index contributed by atoms with van der Waals surface area (Å²) >= 11 is 5.82. The zero-order valence-corrected chi connectivity index (χ0v) is 16.5. The number of hydrogen-bond acceptors (Lipinski definition) is 5. The molecular weight excluding hydrogens is 392 g/mol. The Morgan fingerprint density at radius 2 is 1.67 bits per heavy atom. The molecule has 0 fully saturated rings. The van der Waals surface area contributed by atoms with Gasteiger partial charge in [-0.05, 0) is 75.2 Å². The number of hydrogen-bond donors (Lipinski definition) is 1. The maximum absolute atomic E-state index is 12.5. The second-order valence-corrected chi connectivity index (χ2v) is 8.17. The fourth-order valence-corrected chi connectivity index (χ4v) is 3.11. The van der Waals surface area contributed by atoms with E-state index in [-0.39, 0.29) is 4.90 Å². The molecule has 1 amide bonds. The van der Waals surface area contributed by atoms with Gasteiger partial charge in [0.1, 0.15) is 5.75 Å². The van der Waals surface area contributed by atoms with Gasteiger partial charge in [-0.2, -0.15) is 12.8 Å². The molecule has 0 aromatic heterocycles. The lowest BCUT2D eigenvalue weighted by Crippen LogP contribution is -2.42. The molecule has 0 aliphatic rings. The largest absolute Gasteiger partial charge is 0.861 e. The second-order valence-electron chi connectivity index (χ2n) is 6.13. The monoisotopic (exact) mass is 409 g/mol. The van der Waals surface area contributed by atoms with Crippen LogP contribution in [0, 0.1) is 0 Å². The molecule has 0 unspecified atom stereocenters. The van der Waals surface area contributed by atoms with Crippen molar-refractivity contribution in [2.75, 3.05) is 5.32 Å². The molecule has 9 heteroatoms. The minimum atomic E-state index is -4.05. The van der Waals surface area contributed by atoms with E-state index in [9.17, 15) is 18.3 Å². The van der Waals surface area contributed by atoms with Crippen LogP contribution >= 0.6 is 11.6 Å². The van der Waals surface area contributed by atoms with Crippen molar-refractivity contribution in [3.05, 3.63) is 53.6 Å². The molecule has 0 saturated carbocycles. The van der Waals surface area contributed by atoms with Crippen molar-refractivity contribution in [2.45, 2.75) is 31.3 Å². The van der Waals surface area contributed by atoms with Gasteiger partial charge in [0.05, 0.1) is 4.90 Å². The van der Waals surface area contributed by atoms with Gasteiger partial charge in [0, 0.05) is 10.7 Å². The summed E-state index contributed by atoms with van der Waals surface area (Å²) in [5.41, 5.74) is -0.822. The number of rotatable bonds is 6. The Morgan fingerprint density at radius 3 is 2.19 bits per heavy atom.